The first-order valence-corrected chi connectivity index (χ1v) is 11.2. The minimum atomic E-state index is -3.02. The zero-order valence-electron chi connectivity index (χ0n) is 15.8. The number of methoxy groups -OCH3 is 1. The summed E-state index contributed by atoms with van der Waals surface area (Å²) in [5.74, 6) is 0.460. The Morgan fingerprint density at radius 3 is 2.41 bits per heavy atom. The fourth-order valence-corrected chi connectivity index (χ4v) is 6.29. The van der Waals surface area contributed by atoms with Crippen LogP contribution in [0.2, 0.25) is 0 Å². The molecule has 0 amide bonds. The molecule has 0 radical (unpaired) electrons. The summed E-state index contributed by atoms with van der Waals surface area (Å²) in [6.07, 6.45) is 0. The molecule has 0 spiro atoms. The predicted octanol–water partition coefficient (Wildman–Crippen LogP) is 0.868. The number of aromatic nitrogens is 2. The third-order valence-electron chi connectivity index (χ3n) is 5.68. The van der Waals surface area contributed by atoms with Crippen LogP contribution >= 0.6 is 0 Å². The molecule has 27 heavy (non-hydrogen) atoms. The van der Waals surface area contributed by atoms with Crippen molar-refractivity contribution in [1.29, 1.82) is 0 Å². The van der Waals surface area contributed by atoms with Gasteiger partial charge in [0.15, 0.2) is 9.84 Å². The minimum Gasteiger partial charge on any atom is -0.383 e. The third kappa shape index (κ3) is 3.85. The van der Waals surface area contributed by atoms with Gasteiger partial charge in [-0.05, 0) is 19.1 Å². The summed E-state index contributed by atoms with van der Waals surface area (Å²) >= 11 is 0. The van der Waals surface area contributed by atoms with E-state index in [1.165, 1.54) is 0 Å². The Morgan fingerprint density at radius 2 is 1.70 bits per heavy atom. The van der Waals surface area contributed by atoms with Crippen LogP contribution in [0.3, 0.4) is 0 Å². The normalized spacial score (nSPS) is 25.7. The zero-order valence-corrected chi connectivity index (χ0v) is 16.7. The second-order valence-electron chi connectivity index (χ2n) is 7.46. The molecule has 8 heteroatoms. The van der Waals surface area contributed by atoms with E-state index < -0.39 is 9.84 Å². The summed E-state index contributed by atoms with van der Waals surface area (Å²) in [4.78, 5) is 14.0. The molecule has 0 saturated carbocycles. The Kier molecular flexibility index (Phi) is 5.15. The molecule has 2 aromatic rings. The first-order valence-electron chi connectivity index (χ1n) is 9.36. The van der Waals surface area contributed by atoms with Crippen molar-refractivity contribution in [3.05, 3.63) is 35.7 Å². The molecule has 2 atom stereocenters. The maximum Gasteiger partial charge on any atom is 0.153 e. The van der Waals surface area contributed by atoms with E-state index in [1.54, 1.807) is 7.11 Å². The standard InChI is InChI=1S/C19H26N4O3S/c1-14-17(21-16-6-4-3-5-15(16)20-14)11-23-8-7-22(9-10-26-2)18-12-27(24,25)13-19(18)23/h3-6,18-19H,7-13H2,1-2H3/t18-,19+/m1/s1. The molecular formula is C19H26N4O3S. The number of piperazine rings is 1. The number of hydrogen-bond donors (Lipinski definition) is 0. The quantitative estimate of drug-likeness (QED) is 0.750. The van der Waals surface area contributed by atoms with Crippen LogP contribution in [-0.2, 0) is 21.1 Å². The van der Waals surface area contributed by atoms with E-state index in [0.29, 0.717) is 13.2 Å². The number of fused-ring (bicyclic) bond motifs is 2. The van der Waals surface area contributed by atoms with Gasteiger partial charge in [0, 0.05) is 45.4 Å². The molecule has 2 fully saturated rings. The molecule has 2 aliphatic heterocycles. The Morgan fingerprint density at radius 1 is 1.07 bits per heavy atom. The largest absolute Gasteiger partial charge is 0.383 e. The number of benzene rings is 1. The van der Waals surface area contributed by atoms with Gasteiger partial charge < -0.3 is 4.74 Å². The monoisotopic (exact) mass is 390 g/mol. The van der Waals surface area contributed by atoms with Gasteiger partial charge in [-0.25, -0.2) is 18.4 Å². The average molecular weight is 391 g/mol. The van der Waals surface area contributed by atoms with Crippen molar-refractivity contribution in [2.24, 2.45) is 0 Å². The molecule has 4 rings (SSSR count). The van der Waals surface area contributed by atoms with E-state index in [2.05, 4.69) is 14.8 Å². The average Bonchev–Trinajstić information content (AvgIpc) is 2.97. The first kappa shape index (κ1) is 18.7. The van der Waals surface area contributed by atoms with Crippen LogP contribution in [0.4, 0.5) is 0 Å². The molecule has 1 aromatic carbocycles. The van der Waals surface area contributed by atoms with E-state index in [0.717, 1.165) is 42.1 Å². The Hall–Kier alpha value is -1.61. The number of ether oxygens (including phenoxy) is 1. The molecule has 0 unspecified atom stereocenters. The fourth-order valence-electron chi connectivity index (χ4n) is 4.25. The lowest BCUT2D eigenvalue weighted by atomic mass is 10.0. The molecular weight excluding hydrogens is 364 g/mol. The van der Waals surface area contributed by atoms with E-state index in [9.17, 15) is 8.42 Å². The van der Waals surface area contributed by atoms with Crippen molar-refractivity contribution in [3.63, 3.8) is 0 Å². The Bertz CT molecular complexity index is 934. The molecule has 0 bridgehead atoms. The fraction of sp³-hybridized carbons (Fsp3) is 0.579. The van der Waals surface area contributed by atoms with Gasteiger partial charge in [-0.15, -0.1) is 0 Å². The van der Waals surface area contributed by atoms with Crippen molar-refractivity contribution >= 4 is 20.9 Å². The lowest BCUT2D eigenvalue weighted by Crippen LogP contribution is -2.59. The van der Waals surface area contributed by atoms with Crippen molar-refractivity contribution < 1.29 is 13.2 Å². The number of aryl methyl sites for hydroxylation is 1. The maximum atomic E-state index is 12.3. The van der Waals surface area contributed by atoms with Gasteiger partial charge in [0.25, 0.3) is 0 Å². The van der Waals surface area contributed by atoms with Gasteiger partial charge in [0.05, 0.1) is 40.5 Å². The molecule has 146 valence electrons. The first-order chi connectivity index (χ1) is 13.0. The maximum absolute atomic E-state index is 12.3. The van der Waals surface area contributed by atoms with Crippen LogP contribution in [0, 0.1) is 6.92 Å². The van der Waals surface area contributed by atoms with Crippen LogP contribution < -0.4 is 0 Å². The SMILES string of the molecule is COCCN1CCN(Cc2nc3ccccc3nc2C)[C@H]2CS(=O)(=O)C[C@H]21. The third-order valence-corrected chi connectivity index (χ3v) is 7.38. The second-order valence-corrected chi connectivity index (χ2v) is 9.61. The number of sulfone groups is 1. The van der Waals surface area contributed by atoms with Crippen LogP contribution in [0.15, 0.2) is 24.3 Å². The van der Waals surface area contributed by atoms with Crippen LogP contribution in [0.25, 0.3) is 11.0 Å². The van der Waals surface area contributed by atoms with Gasteiger partial charge in [0.1, 0.15) is 0 Å². The Balaban J connectivity index is 1.58. The second kappa shape index (κ2) is 7.43. The van der Waals surface area contributed by atoms with Crippen LogP contribution in [0.1, 0.15) is 11.4 Å². The highest BCUT2D eigenvalue weighted by Crippen LogP contribution is 2.28. The lowest BCUT2D eigenvalue weighted by Gasteiger charge is -2.43. The van der Waals surface area contributed by atoms with Crippen molar-refractivity contribution in [3.8, 4) is 0 Å². The van der Waals surface area contributed by atoms with E-state index >= 15 is 0 Å². The van der Waals surface area contributed by atoms with Crippen molar-refractivity contribution in [2.75, 3.05) is 44.9 Å². The van der Waals surface area contributed by atoms with Gasteiger partial charge in [0.2, 0.25) is 0 Å². The summed E-state index contributed by atoms with van der Waals surface area (Å²) < 4.78 is 29.9. The molecule has 2 aliphatic rings. The van der Waals surface area contributed by atoms with E-state index in [1.807, 2.05) is 31.2 Å². The molecule has 7 nitrogen and oxygen atoms in total. The van der Waals surface area contributed by atoms with Gasteiger partial charge in [-0.1, -0.05) is 12.1 Å². The van der Waals surface area contributed by atoms with Gasteiger partial charge in [-0.2, -0.15) is 0 Å². The molecule has 0 N–H and O–H groups in total. The summed E-state index contributed by atoms with van der Waals surface area (Å²) in [6.45, 7) is 5.69. The number of hydrogen-bond acceptors (Lipinski definition) is 7. The van der Waals surface area contributed by atoms with E-state index in [-0.39, 0.29) is 23.6 Å². The van der Waals surface area contributed by atoms with Gasteiger partial charge >= 0.3 is 0 Å². The number of rotatable bonds is 5. The predicted molar refractivity (Wildman–Crippen MR) is 104 cm³/mol. The lowest BCUT2D eigenvalue weighted by molar-refractivity contribution is 0.0246. The molecule has 3 heterocycles. The van der Waals surface area contributed by atoms with E-state index in [4.69, 9.17) is 9.72 Å². The Labute approximate surface area is 160 Å². The summed E-state index contributed by atoms with van der Waals surface area (Å²) in [7, 11) is -1.34. The highest BCUT2D eigenvalue weighted by molar-refractivity contribution is 7.91. The number of nitrogens with zero attached hydrogens (tertiary/aromatic N) is 4. The van der Waals surface area contributed by atoms with Crippen LogP contribution in [-0.4, -0.2) is 85.1 Å². The van der Waals surface area contributed by atoms with Crippen molar-refractivity contribution in [2.45, 2.75) is 25.6 Å². The van der Waals surface area contributed by atoms with Gasteiger partial charge in [-0.3, -0.25) is 9.80 Å². The summed E-state index contributed by atoms with van der Waals surface area (Å²) in [6, 6.07) is 7.90. The summed E-state index contributed by atoms with van der Waals surface area (Å²) in [5, 5.41) is 0. The topological polar surface area (TPSA) is 75.6 Å². The smallest absolute Gasteiger partial charge is 0.153 e. The highest BCUT2D eigenvalue weighted by atomic mass is 32.2. The highest BCUT2D eigenvalue weighted by Gasteiger charge is 2.46. The van der Waals surface area contributed by atoms with Crippen LogP contribution in [0.5, 0.6) is 0 Å². The van der Waals surface area contributed by atoms with Crippen molar-refractivity contribution in [1.82, 2.24) is 19.8 Å². The zero-order chi connectivity index (χ0) is 19.0. The molecule has 1 aromatic heterocycles. The summed E-state index contributed by atoms with van der Waals surface area (Å²) in [5.41, 5.74) is 3.62. The molecule has 0 aliphatic carbocycles. The number of para-hydroxylation sites is 2. The minimum absolute atomic E-state index is 0.00766. The molecule has 2 saturated heterocycles.